The van der Waals surface area contributed by atoms with E-state index in [-0.39, 0.29) is 29.7 Å². The second-order valence-electron chi connectivity index (χ2n) is 11.5. The van der Waals surface area contributed by atoms with Crippen molar-refractivity contribution in [2.24, 2.45) is 0 Å². The van der Waals surface area contributed by atoms with E-state index in [2.05, 4.69) is 20.6 Å². The first-order valence-corrected chi connectivity index (χ1v) is 15.8. The minimum atomic E-state index is -0.873. The van der Waals surface area contributed by atoms with Gasteiger partial charge in [-0.15, -0.1) is 11.3 Å². The highest BCUT2D eigenvalue weighted by molar-refractivity contribution is 7.09. The van der Waals surface area contributed by atoms with Gasteiger partial charge < -0.3 is 29.8 Å². The molecular formula is C33H37N5O5S. The summed E-state index contributed by atoms with van der Waals surface area (Å²) in [5.41, 5.74) is 3.09. The highest BCUT2D eigenvalue weighted by Gasteiger charge is 2.36. The van der Waals surface area contributed by atoms with Gasteiger partial charge in [0.1, 0.15) is 11.3 Å². The lowest BCUT2D eigenvalue weighted by molar-refractivity contribution is 0.0677. The number of thiazole rings is 1. The molecule has 0 aliphatic carbocycles. The zero-order chi connectivity index (χ0) is 30.6. The van der Waals surface area contributed by atoms with Gasteiger partial charge in [-0.05, 0) is 56.4 Å². The van der Waals surface area contributed by atoms with E-state index in [1.54, 1.807) is 36.6 Å². The van der Waals surface area contributed by atoms with Crippen molar-refractivity contribution < 1.29 is 23.8 Å². The largest absolute Gasteiger partial charge is 0.445 e. The fourth-order valence-corrected chi connectivity index (χ4v) is 7.10. The molecule has 2 aliphatic heterocycles. The summed E-state index contributed by atoms with van der Waals surface area (Å²) in [4.78, 5) is 38.7. The number of hydrogen-bond acceptors (Lipinski definition) is 9. The van der Waals surface area contributed by atoms with Crippen molar-refractivity contribution in [3.63, 3.8) is 0 Å². The van der Waals surface area contributed by atoms with Crippen molar-refractivity contribution in [3.8, 4) is 11.5 Å². The van der Waals surface area contributed by atoms with Crippen LogP contribution in [0.1, 0.15) is 62.3 Å². The predicted octanol–water partition coefficient (Wildman–Crippen LogP) is 4.16. The van der Waals surface area contributed by atoms with E-state index in [9.17, 15) is 14.7 Å². The quantitative estimate of drug-likeness (QED) is 0.243. The Labute approximate surface area is 260 Å². The van der Waals surface area contributed by atoms with Crippen LogP contribution in [0.25, 0.3) is 11.5 Å². The molecule has 4 heterocycles. The van der Waals surface area contributed by atoms with E-state index in [1.807, 2.05) is 47.5 Å². The van der Waals surface area contributed by atoms with E-state index >= 15 is 0 Å². The van der Waals surface area contributed by atoms with Crippen molar-refractivity contribution in [2.75, 3.05) is 20.2 Å². The summed E-state index contributed by atoms with van der Waals surface area (Å²) in [5, 5.41) is 20.8. The van der Waals surface area contributed by atoms with Gasteiger partial charge in [-0.25, -0.2) is 9.97 Å². The van der Waals surface area contributed by atoms with E-state index in [0.29, 0.717) is 42.9 Å². The number of nitrogens with one attached hydrogen (secondary N) is 2. The molecule has 6 rings (SSSR count). The Bertz CT molecular complexity index is 1580. The van der Waals surface area contributed by atoms with E-state index < -0.39 is 18.1 Å². The van der Waals surface area contributed by atoms with Crippen LogP contribution in [0.5, 0.6) is 0 Å². The average molecular weight is 616 g/mol. The Morgan fingerprint density at radius 1 is 1.23 bits per heavy atom. The van der Waals surface area contributed by atoms with Gasteiger partial charge in [0.05, 0.1) is 30.5 Å². The summed E-state index contributed by atoms with van der Waals surface area (Å²) in [6.07, 6.45) is 4.88. The number of aromatic nitrogens is 2. The third-order valence-electron chi connectivity index (χ3n) is 8.45. The maximum Gasteiger partial charge on any atom is 0.254 e. The van der Waals surface area contributed by atoms with Gasteiger partial charge >= 0.3 is 0 Å². The molecule has 44 heavy (non-hydrogen) atoms. The normalized spacial score (nSPS) is 21.3. The van der Waals surface area contributed by atoms with Crippen LogP contribution in [-0.2, 0) is 11.2 Å². The number of methoxy groups -OCH3 is 1. The number of aliphatic hydroxyl groups is 1. The molecule has 0 spiro atoms. The Hall–Kier alpha value is -3.90. The first kappa shape index (κ1) is 30.1. The van der Waals surface area contributed by atoms with Crippen LogP contribution in [0.15, 0.2) is 70.8 Å². The van der Waals surface area contributed by atoms with Gasteiger partial charge in [0.25, 0.3) is 11.8 Å². The summed E-state index contributed by atoms with van der Waals surface area (Å²) >= 11 is 1.56. The molecule has 0 saturated carbocycles. The summed E-state index contributed by atoms with van der Waals surface area (Å²) in [6.45, 7) is 3.19. The summed E-state index contributed by atoms with van der Waals surface area (Å²) < 4.78 is 11.0. The number of hydrogen-bond donors (Lipinski definition) is 3. The van der Waals surface area contributed by atoms with Crippen molar-refractivity contribution in [2.45, 2.75) is 62.9 Å². The summed E-state index contributed by atoms with van der Waals surface area (Å²) in [6, 6.07) is 13.8. The first-order chi connectivity index (χ1) is 21.4. The molecule has 10 nitrogen and oxygen atoms in total. The molecule has 2 fully saturated rings. The van der Waals surface area contributed by atoms with E-state index in [1.165, 1.54) is 12.5 Å². The molecule has 0 bridgehead atoms. The molecule has 11 heteroatoms. The van der Waals surface area contributed by atoms with E-state index in [4.69, 9.17) is 9.15 Å². The number of nitrogens with zero attached hydrogens (tertiary/aromatic N) is 3. The van der Waals surface area contributed by atoms with Crippen LogP contribution in [0, 0.1) is 6.92 Å². The van der Waals surface area contributed by atoms with Crippen LogP contribution in [0.2, 0.25) is 0 Å². The number of likely N-dealkylation sites (tertiary alicyclic amines) is 1. The maximum atomic E-state index is 14.0. The maximum absolute atomic E-state index is 14.0. The number of amides is 2. The standard InChI is InChI=1S/C33H37N5O5S/c1-20-19-44-32(36-20)28-9-6-11-38(28)33(41)24-15-22(14-23(16-24)31-34-10-12-43-31)30(40)37-27(13-21-7-4-3-5-8-21)29(39)26-17-25(42-2)18-35-26/h3-5,7-8,10,12,14-16,19,25-29,35,39H,6,9,11,13,17-18H2,1-2H3,(H,37,40)/t25-,26-,27+,28?,29-/m1/s1. The number of rotatable bonds is 10. The number of carbonyl (C=O) groups is 2. The van der Waals surface area contributed by atoms with Crippen LogP contribution in [-0.4, -0.2) is 76.3 Å². The molecular weight excluding hydrogens is 578 g/mol. The zero-order valence-electron chi connectivity index (χ0n) is 24.8. The van der Waals surface area contributed by atoms with Crippen LogP contribution in [0.4, 0.5) is 0 Å². The second kappa shape index (κ2) is 13.4. The number of aliphatic hydroxyl groups excluding tert-OH is 1. The molecule has 2 amide bonds. The first-order valence-electron chi connectivity index (χ1n) is 15.0. The fraction of sp³-hybridized carbons (Fsp3) is 0.394. The van der Waals surface area contributed by atoms with Gasteiger partial charge in [0.2, 0.25) is 5.89 Å². The molecule has 2 aromatic carbocycles. The van der Waals surface area contributed by atoms with Gasteiger partial charge in [-0.1, -0.05) is 30.3 Å². The SMILES string of the molecule is CO[C@H]1CN[C@@H]([C@@H](O)[C@H](Cc2ccccc2)NC(=O)c2cc(C(=O)N3CCCC3c3nc(C)cs3)cc(-c3ncco3)c2)C1. The third-order valence-corrected chi connectivity index (χ3v) is 9.52. The monoisotopic (exact) mass is 615 g/mol. The molecule has 2 aliphatic rings. The lowest BCUT2D eigenvalue weighted by Crippen LogP contribution is -2.52. The van der Waals surface area contributed by atoms with Gasteiger partial charge in [0.15, 0.2) is 0 Å². The molecule has 5 atom stereocenters. The lowest BCUT2D eigenvalue weighted by Gasteiger charge is -2.29. The number of oxazole rings is 1. The van der Waals surface area contributed by atoms with E-state index in [0.717, 1.165) is 29.1 Å². The Kier molecular flexibility index (Phi) is 9.17. The Morgan fingerprint density at radius 2 is 2.05 bits per heavy atom. The number of aryl methyl sites for hydroxylation is 1. The van der Waals surface area contributed by atoms with Crippen molar-refractivity contribution >= 4 is 23.2 Å². The average Bonchev–Trinajstić information content (AvgIpc) is 3.87. The van der Waals surface area contributed by atoms with Crippen LogP contribution >= 0.6 is 11.3 Å². The molecule has 0 radical (unpaired) electrons. The lowest BCUT2D eigenvalue weighted by atomic mass is 9.94. The summed E-state index contributed by atoms with van der Waals surface area (Å²) in [7, 11) is 1.66. The fourth-order valence-electron chi connectivity index (χ4n) is 6.16. The van der Waals surface area contributed by atoms with Gasteiger partial charge in [0, 0.05) is 54.0 Å². The van der Waals surface area contributed by atoms with Gasteiger partial charge in [-0.3, -0.25) is 9.59 Å². The third kappa shape index (κ3) is 6.61. The zero-order valence-corrected chi connectivity index (χ0v) is 25.6. The van der Waals surface area contributed by atoms with Crippen molar-refractivity contribution in [1.29, 1.82) is 0 Å². The van der Waals surface area contributed by atoms with Gasteiger partial charge in [-0.2, -0.15) is 0 Å². The molecule has 230 valence electrons. The minimum absolute atomic E-state index is 0.00326. The Balaban J connectivity index is 1.29. The molecule has 2 saturated heterocycles. The highest BCUT2D eigenvalue weighted by atomic mass is 32.1. The highest BCUT2D eigenvalue weighted by Crippen LogP contribution is 2.35. The molecule has 2 aromatic heterocycles. The predicted molar refractivity (Wildman–Crippen MR) is 166 cm³/mol. The second-order valence-corrected chi connectivity index (χ2v) is 12.4. The number of ether oxygens (including phenoxy) is 1. The van der Waals surface area contributed by atoms with Crippen LogP contribution < -0.4 is 10.6 Å². The topological polar surface area (TPSA) is 130 Å². The molecule has 3 N–H and O–H groups in total. The van der Waals surface area contributed by atoms with Crippen LogP contribution in [0.3, 0.4) is 0 Å². The molecule has 4 aromatic rings. The summed E-state index contributed by atoms with van der Waals surface area (Å²) in [5.74, 6) is -0.268. The Morgan fingerprint density at radius 3 is 2.75 bits per heavy atom. The number of carbonyl (C=O) groups excluding carboxylic acids is 2. The number of benzene rings is 2. The minimum Gasteiger partial charge on any atom is -0.445 e. The van der Waals surface area contributed by atoms with Crippen molar-refractivity contribution in [3.05, 3.63) is 93.8 Å². The molecule has 1 unspecified atom stereocenters. The smallest absolute Gasteiger partial charge is 0.254 e. The van der Waals surface area contributed by atoms with Crippen molar-refractivity contribution in [1.82, 2.24) is 25.5 Å².